The van der Waals surface area contributed by atoms with Crippen molar-refractivity contribution in [1.29, 1.82) is 0 Å². The Morgan fingerprint density at radius 2 is 2.27 bits per heavy atom. The fourth-order valence-electron chi connectivity index (χ4n) is 1.06. The Kier molecular flexibility index (Phi) is 4.39. The first kappa shape index (κ1) is 11.8. The molecule has 1 rings (SSSR count). The van der Waals surface area contributed by atoms with E-state index in [0.717, 1.165) is 5.56 Å². The molecule has 0 spiro atoms. The molecule has 0 bridgehead atoms. The molecule has 0 aliphatic rings. The van der Waals surface area contributed by atoms with Gasteiger partial charge >= 0.3 is 0 Å². The lowest BCUT2D eigenvalue weighted by atomic mass is 10.1. The van der Waals surface area contributed by atoms with Gasteiger partial charge in [0.25, 0.3) is 0 Å². The van der Waals surface area contributed by atoms with Gasteiger partial charge < -0.3 is 15.1 Å². The first-order valence-corrected chi connectivity index (χ1v) is 4.79. The van der Waals surface area contributed by atoms with Gasteiger partial charge in [-0.3, -0.25) is 0 Å². The number of rotatable bonds is 4. The third kappa shape index (κ3) is 3.11. The molecule has 2 N–H and O–H groups in total. The van der Waals surface area contributed by atoms with E-state index in [9.17, 15) is 0 Å². The molecule has 1 aromatic carbocycles. The van der Waals surface area contributed by atoms with Crippen molar-refractivity contribution < 1.29 is 15.1 Å². The van der Waals surface area contributed by atoms with E-state index in [4.69, 9.17) is 26.7 Å². The van der Waals surface area contributed by atoms with Gasteiger partial charge in [0.2, 0.25) is 0 Å². The molecule has 0 radical (unpaired) electrons. The highest BCUT2D eigenvalue weighted by Gasteiger charge is 2.04. The van der Waals surface area contributed by atoms with Gasteiger partial charge in [-0.25, -0.2) is 0 Å². The topological polar surface area (TPSA) is 62.1 Å². The lowest BCUT2D eigenvalue weighted by molar-refractivity contribution is 0.201. The summed E-state index contributed by atoms with van der Waals surface area (Å²) in [5, 5.41) is 20.6. The number of ether oxygens (including phenoxy) is 1. The number of benzene rings is 1. The number of hydrogen-bond acceptors (Lipinski definition) is 4. The monoisotopic (exact) mass is 229 g/mol. The zero-order valence-corrected chi connectivity index (χ0v) is 9.03. The second kappa shape index (κ2) is 5.58. The van der Waals surface area contributed by atoms with Crippen LogP contribution in [0, 0.1) is 0 Å². The SMILES string of the molecule is C/C(=N\O)c1ccc(OCCO)c(Cl)c1. The summed E-state index contributed by atoms with van der Waals surface area (Å²) in [5.41, 5.74) is 1.20. The van der Waals surface area contributed by atoms with E-state index >= 15 is 0 Å². The van der Waals surface area contributed by atoms with Gasteiger partial charge in [-0.05, 0) is 25.1 Å². The number of hydrogen-bond donors (Lipinski definition) is 2. The number of aliphatic hydroxyl groups excluding tert-OH is 1. The second-order valence-corrected chi connectivity index (χ2v) is 3.31. The predicted octanol–water partition coefficient (Wildman–Crippen LogP) is 1.91. The van der Waals surface area contributed by atoms with Crippen LogP contribution in [0.1, 0.15) is 12.5 Å². The molecule has 82 valence electrons. The molecule has 0 aliphatic heterocycles. The third-order valence-corrected chi connectivity index (χ3v) is 2.14. The van der Waals surface area contributed by atoms with Gasteiger partial charge in [0.1, 0.15) is 12.4 Å². The molecule has 0 saturated heterocycles. The first-order valence-electron chi connectivity index (χ1n) is 4.41. The van der Waals surface area contributed by atoms with Gasteiger partial charge in [0.15, 0.2) is 0 Å². The molecular weight excluding hydrogens is 218 g/mol. The maximum atomic E-state index is 8.58. The van der Waals surface area contributed by atoms with Crippen molar-refractivity contribution in [3.8, 4) is 5.75 Å². The van der Waals surface area contributed by atoms with Gasteiger partial charge in [0.05, 0.1) is 17.3 Å². The number of oxime groups is 1. The third-order valence-electron chi connectivity index (χ3n) is 1.85. The average Bonchev–Trinajstić information content (AvgIpc) is 2.26. The molecule has 0 atom stereocenters. The highest BCUT2D eigenvalue weighted by Crippen LogP contribution is 2.25. The summed E-state index contributed by atoms with van der Waals surface area (Å²) in [5.74, 6) is 0.500. The molecule has 15 heavy (non-hydrogen) atoms. The Hall–Kier alpha value is -1.26. The van der Waals surface area contributed by atoms with Gasteiger partial charge in [-0.2, -0.15) is 0 Å². The molecule has 5 heteroatoms. The summed E-state index contributed by atoms with van der Waals surface area (Å²) in [6.45, 7) is 1.81. The lowest BCUT2D eigenvalue weighted by Crippen LogP contribution is -2.02. The summed E-state index contributed by atoms with van der Waals surface area (Å²) in [6, 6.07) is 5.04. The number of nitrogens with zero attached hydrogens (tertiary/aromatic N) is 1. The summed E-state index contributed by atoms with van der Waals surface area (Å²) >= 11 is 5.92. The standard InChI is InChI=1S/C10H12ClNO3/c1-7(12-14)8-2-3-10(9(11)6-8)15-5-4-13/h2-3,6,13-14H,4-5H2,1H3/b12-7+. The van der Waals surface area contributed by atoms with Crippen LogP contribution in [0.25, 0.3) is 0 Å². The molecule has 0 heterocycles. The summed E-state index contributed by atoms with van der Waals surface area (Å²) in [7, 11) is 0. The molecule has 4 nitrogen and oxygen atoms in total. The van der Waals surface area contributed by atoms with E-state index in [1.165, 1.54) is 0 Å². The lowest BCUT2D eigenvalue weighted by Gasteiger charge is -2.07. The molecule has 0 fully saturated rings. The van der Waals surface area contributed by atoms with E-state index in [-0.39, 0.29) is 13.2 Å². The van der Waals surface area contributed by atoms with Crippen LogP contribution >= 0.6 is 11.6 Å². The van der Waals surface area contributed by atoms with E-state index in [1.807, 2.05) is 0 Å². The van der Waals surface area contributed by atoms with Crippen LogP contribution in [0.4, 0.5) is 0 Å². The van der Waals surface area contributed by atoms with Crippen LogP contribution in [0.2, 0.25) is 5.02 Å². The summed E-state index contributed by atoms with van der Waals surface area (Å²) in [6.07, 6.45) is 0. The minimum Gasteiger partial charge on any atom is -0.490 e. The van der Waals surface area contributed by atoms with Crippen molar-refractivity contribution in [3.05, 3.63) is 28.8 Å². The van der Waals surface area contributed by atoms with Crippen LogP contribution in [0.15, 0.2) is 23.4 Å². The largest absolute Gasteiger partial charge is 0.490 e. The van der Waals surface area contributed by atoms with E-state index in [1.54, 1.807) is 25.1 Å². The van der Waals surface area contributed by atoms with Crippen LogP contribution in [-0.4, -0.2) is 29.2 Å². The highest BCUT2D eigenvalue weighted by molar-refractivity contribution is 6.32. The van der Waals surface area contributed by atoms with Crippen molar-refractivity contribution >= 4 is 17.3 Å². The summed E-state index contributed by atoms with van der Waals surface area (Å²) in [4.78, 5) is 0. The van der Waals surface area contributed by atoms with Crippen molar-refractivity contribution in [2.24, 2.45) is 5.16 Å². The van der Waals surface area contributed by atoms with E-state index in [0.29, 0.717) is 16.5 Å². The number of aliphatic hydroxyl groups is 1. The Morgan fingerprint density at radius 3 is 2.80 bits per heavy atom. The molecule has 0 aliphatic carbocycles. The predicted molar refractivity (Wildman–Crippen MR) is 58.0 cm³/mol. The Bertz CT molecular complexity index is 366. The van der Waals surface area contributed by atoms with E-state index in [2.05, 4.69) is 5.16 Å². The maximum absolute atomic E-state index is 8.58. The molecular formula is C10H12ClNO3. The normalized spacial score (nSPS) is 11.5. The van der Waals surface area contributed by atoms with E-state index < -0.39 is 0 Å². The highest BCUT2D eigenvalue weighted by atomic mass is 35.5. The smallest absolute Gasteiger partial charge is 0.138 e. The van der Waals surface area contributed by atoms with Crippen molar-refractivity contribution in [2.45, 2.75) is 6.92 Å². The zero-order chi connectivity index (χ0) is 11.3. The van der Waals surface area contributed by atoms with Gasteiger partial charge in [-0.15, -0.1) is 0 Å². The minimum atomic E-state index is -0.0603. The van der Waals surface area contributed by atoms with Crippen LogP contribution < -0.4 is 4.74 Å². The minimum absolute atomic E-state index is 0.0603. The average molecular weight is 230 g/mol. The molecule has 0 saturated carbocycles. The second-order valence-electron chi connectivity index (χ2n) is 2.90. The fraction of sp³-hybridized carbons (Fsp3) is 0.300. The summed E-state index contributed by atoms with van der Waals surface area (Å²) < 4.78 is 5.17. The number of halogens is 1. The molecule has 0 amide bonds. The molecule has 1 aromatic rings. The Morgan fingerprint density at radius 1 is 1.53 bits per heavy atom. The van der Waals surface area contributed by atoms with Crippen LogP contribution in [-0.2, 0) is 0 Å². The van der Waals surface area contributed by atoms with Gasteiger partial charge in [-0.1, -0.05) is 16.8 Å². The Balaban J connectivity index is 2.88. The first-order chi connectivity index (χ1) is 7.19. The molecule has 0 aromatic heterocycles. The quantitative estimate of drug-likeness (QED) is 0.471. The van der Waals surface area contributed by atoms with Crippen molar-refractivity contribution in [1.82, 2.24) is 0 Å². The zero-order valence-electron chi connectivity index (χ0n) is 8.27. The fourth-order valence-corrected chi connectivity index (χ4v) is 1.29. The van der Waals surface area contributed by atoms with Crippen LogP contribution in [0.3, 0.4) is 0 Å². The van der Waals surface area contributed by atoms with Crippen molar-refractivity contribution in [2.75, 3.05) is 13.2 Å². The molecule has 0 unspecified atom stereocenters. The Labute approximate surface area is 92.7 Å². The maximum Gasteiger partial charge on any atom is 0.138 e. The van der Waals surface area contributed by atoms with Crippen molar-refractivity contribution in [3.63, 3.8) is 0 Å². The van der Waals surface area contributed by atoms with Gasteiger partial charge in [0, 0.05) is 5.56 Å². The van der Waals surface area contributed by atoms with Crippen LogP contribution in [0.5, 0.6) is 5.75 Å².